The van der Waals surface area contributed by atoms with Crippen LogP contribution in [-0.2, 0) is 4.74 Å². The normalized spacial score (nSPS) is 16.1. The van der Waals surface area contributed by atoms with Gasteiger partial charge in [-0.05, 0) is 56.2 Å². The second kappa shape index (κ2) is 8.49. The number of hydrazine groups is 1. The molecule has 6 heteroatoms. The lowest BCUT2D eigenvalue weighted by atomic mass is 10.1. The van der Waals surface area contributed by atoms with E-state index in [0.29, 0.717) is 23.5 Å². The van der Waals surface area contributed by atoms with Gasteiger partial charge in [-0.1, -0.05) is 17.7 Å². The first-order valence-electron chi connectivity index (χ1n) is 8.63. The number of carbonyl (C=O) groups excluding carboxylic acids is 2. The molecule has 0 unspecified atom stereocenters. The minimum atomic E-state index is -0.392. The van der Waals surface area contributed by atoms with Crippen LogP contribution >= 0.6 is 0 Å². The first-order valence-corrected chi connectivity index (χ1v) is 8.63. The molecule has 2 amide bonds. The highest BCUT2D eigenvalue weighted by Crippen LogP contribution is 2.16. The van der Waals surface area contributed by atoms with Crippen LogP contribution in [0.2, 0.25) is 0 Å². The van der Waals surface area contributed by atoms with Crippen molar-refractivity contribution in [3.8, 4) is 5.75 Å². The van der Waals surface area contributed by atoms with Crippen LogP contribution in [0.4, 0.5) is 0 Å². The van der Waals surface area contributed by atoms with Gasteiger partial charge in [-0.3, -0.25) is 20.4 Å². The zero-order valence-electron chi connectivity index (χ0n) is 14.7. The molecule has 26 heavy (non-hydrogen) atoms. The van der Waals surface area contributed by atoms with Crippen molar-refractivity contribution in [2.45, 2.75) is 25.9 Å². The molecule has 0 aromatic heterocycles. The Hall–Kier alpha value is -2.86. The molecule has 6 nitrogen and oxygen atoms in total. The maximum atomic E-state index is 12.1. The van der Waals surface area contributed by atoms with Gasteiger partial charge in [-0.25, -0.2) is 0 Å². The minimum absolute atomic E-state index is 0.148. The number of aryl methyl sites for hydroxylation is 1. The molecule has 3 rings (SSSR count). The van der Waals surface area contributed by atoms with Gasteiger partial charge < -0.3 is 9.47 Å². The molecule has 0 radical (unpaired) electrons. The summed E-state index contributed by atoms with van der Waals surface area (Å²) in [5.41, 5.74) is 6.79. The zero-order valence-corrected chi connectivity index (χ0v) is 14.7. The summed E-state index contributed by atoms with van der Waals surface area (Å²) in [4.78, 5) is 24.1. The number of benzene rings is 2. The summed E-state index contributed by atoms with van der Waals surface area (Å²) in [6, 6.07) is 13.8. The number of hydrogen-bond acceptors (Lipinski definition) is 4. The van der Waals surface area contributed by atoms with Gasteiger partial charge in [0.2, 0.25) is 0 Å². The molecule has 0 spiro atoms. The lowest BCUT2D eigenvalue weighted by Gasteiger charge is -2.12. The van der Waals surface area contributed by atoms with E-state index in [9.17, 15) is 9.59 Å². The van der Waals surface area contributed by atoms with Crippen molar-refractivity contribution < 1.29 is 19.1 Å². The lowest BCUT2D eigenvalue weighted by molar-refractivity contribution is 0.0679. The van der Waals surface area contributed by atoms with Gasteiger partial charge in [0, 0.05) is 17.7 Å². The van der Waals surface area contributed by atoms with E-state index in [1.54, 1.807) is 36.4 Å². The van der Waals surface area contributed by atoms with Crippen molar-refractivity contribution in [3.63, 3.8) is 0 Å². The van der Waals surface area contributed by atoms with Crippen molar-refractivity contribution in [2.75, 3.05) is 13.2 Å². The van der Waals surface area contributed by atoms with E-state index in [2.05, 4.69) is 10.9 Å². The summed E-state index contributed by atoms with van der Waals surface area (Å²) >= 11 is 0. The molecule has 136 valence electrons. The number of hydrogen-bond donors (Lipinski definition) is 2. The standard InChI is InChI=1S/C20H22N2O4/c1-14-4-6-15(7-5-14)19(23)21-22-20(24)16-8-10-17(11-9-16)26-13-18-3-2-12-25-18/h4-11,18H,2-3,12-13H2,1H3,(H,21,23)(H,22,24)/t18-/m0/s1. The molecule has 1 saturated heterocycles. The Morgan fingerprint density at radius 2 is 1.58 bits per heavy atom. The van der Waals surface area contributed by atoms with Crippen molar-refractivity contribution in [2.24, 2.45) is 0 Å². The molecule has 1 atom stereocenters. The van der Waals surface area contributed by atoms with Crippen molar-refractivity contribution in [1.82, 2.24) is 10.9 Å². The lowest BCUT2D eigenvalue weighted by Crippen LogP contribution is -2.41. The fourth-order valence-corrected chi connectivity index (χ4v) is 2.63. The third kappa shape index (κ3) is 4.83. The molecular weight excluding hydrogens is 332 g/mol. The molecule has 1 fully saturated rings. The van der Waals surface area contributed by atoms with Gasteiger partial charge in [0.15, 0.2) is 0 Å². The van der Waals surface area contributed by atoms with E-state index in [0.717, 1.165) is 25.0 Å². The fourth-order valence-electron chi connectivity index (χ4n) is 2.63. The van der Waals surface area contributed by atoms with Crippen molar-refractivity contribution >= 4 is 11.8 Å². The highest BCUT2D eigenvalue weighted by Gasteiger charge is 2.16. The quantitative estimate of drug-likeness (QED) is 0.810. The number of carbonyl (C=O) groups is 2. The average Bonchev–Trinajstić information content (AvgIpc) is 3.19. The molecular formula is C20H22N2O4. The number of amides is 2. The van der Waals surface area contributed by atoms with Crippen LogP contribution in [0, 0.1) is 6.92 Å². The van der Waals surface area contributed by atoms with Crippen LogP contribution < -0.4 is 15.6 Å². The van der Waals surface area contributed by atoms with Crippen LogP contribution in [0.3, 0.4) is 0 Å². The largest absolute Gasteiger partial charge is 0.491 e. The average molecular weight is 354 g/mol. The van der Waals surface area contributed by atoms with Gasteiger partial charge in [0.1, 0.15) is 12.4 Å². The second-order valence-electron chi connectivity index (χ2n) is 6.24. The van der Waals surface area contributed by atoms with E-state index >= 15 is 0 Å². The summed E-state index contributed by atoms with van der Waals surface area (Å²) in [5, 5.41) is 0. The van der Waals surface area contributed by atoms with Crippen LogP contribution in [0.25, 0.3) is 0 Å². The highest BCUT2D eigenvalue weighted by atomic mass is 16.5. The third-order valence-electron chi connectivity index (χ3n) is 4.18. The summed E-state index contributed by atoms with van der Waals surface area (Å²) in [6.07, 6.45) is 2.23. The third-order valence-corrected chi connectivity index (χ3v) is 4.18. The van der Waals surface area contributed by atoms with Gasteiger partial charge in [0.25, 0.3) is 11.8 Å². The van der Waals surface area contributed by atoms with Crippen LogP contribution in [-0.4, -0.2) is 31.1 Å². The van der Waals surface area contributed by atoms with Crippen LogP contribution in [0.5, 0.6) is 5.75 Å². The van der Waals surface area contributed by atoms with Crippen LogP contribution in [0.15, 0.2) is 48.5 Å². The number of nitrogens with one attached hydrogen (secondary N) is 2. The van der Waals surface area contributed by atoms with Crippen LogP contribution in [0.1, 0.15) is 39.1 Å². The Kier molecular flexibility index (Phi) is 5.86. The molecule has 2 aromatic rings. The van der Waals surface area contributed by atoms with Gasteiger partial charge in [-0.15, -0.1) is 0 Å². The maximum Gasteiger partial charge on any atom is 0.269 e. The number of rotatable bonds is 5. The summed E-state index contributed by atoms with van der Waals surface area (Å²) < 4.78 is 11.2. The maximum absolute atomic E-state index is 12.1. The van der Waals surface area contributed by atoms with Crippen molar-refractivity contribution in [3.05, 3.63) is 65.2 Å². The zero-order chi connectivity index (χ0) is 18.4. The fraction of sp³-hybridized carbons (Fsp3) is 0.300. The first-order chi connectivity index (χ1) is 12.6. The Labute approximate surface area is 152 Å². The van der Waals surface area contributed by atoms with E-state index in [4.69, 9.17) is 9.47 Å². The summed E-state index contributed by atoms with van der Waals surface area (Å²) in [5.74, 6) is -0.0771. The Balaban J connectivity index is 1.48. The van der Waals surface area contributed by atoms with E-state index in [1.807, 2.05) is 19.1 Å². The number of ether oxygens (including phenoxy) is 2. The van der Waals surface area contributed by atoms with E-state index in [-0.39, 0.29) is 12.0 Å². The molecule has 0 aliphatic carbocycles. The molecule has 1 aliphatic rings. The molecule has 1 heterocycles. The van der Waals surface area contributed by atoms with E-state index < -0.39 is 5.91 Å². The second-order valence-corrected chi connectivity index (χ2v) is 6.24. The first kappa shape index (κ1) is 17.9. The molecule has 0 saturated carbocycles. The topological polar surface area (TPSA) is 76.7 Å². The highest BCUT2D eigenvalue weighted by molar-refractivity contribution is 5.99. The Bertz CT molecular complexity index is 750. The van der Waals surface area contributed by atoms with Gasteiger partial charge in [0.05, 0.1) is 6.10 Å². The SMILES string of the molecule is Cc1ccc(C(=O)NNC(=O)c2ccc(OC[C@@H]3CCCO3)cc2)cc1. The van der Waals surface area contributed by atoms with Gasteiger partial charge in [-0.2, -0.15) is 0 Å². The molecule has 2 N–H and O–H groups in total. The van der Waals surface area contributed by atoms with Crippen molar-refractivity contribution in [1.29, 1.82) is 0 Å². The van der Waals surface area contributed by atoms with E-state index in [1.165, 1.54) is 0 Å². The molecule has 1 aliphatic heterocycles. The summed E-state index contributed by atoms with van der Waals surface area (Å²) in [7, 11) is 0. The Morgan fingerprint density at radius 1 is 1.00 bits per heavy atom. The molecule has 0 bridgehead atoms. The Morgan fingerprint density at radius 3 is 2.12 bits per heavy atom. The monoisotopic (exact) mass is 354 g/mol. The smallest absolute Gasteiger partial charge is 0.269 e. The summed E-state index contributed by atoms with van der Waals surface area (Å²) in [6.45, 7) is 3.25. The predicted octanol–water partition coefficient (Wildman–Crippen LogP) is 2.63. The predicted molar refractivity (Wildman–Crippen MR) is 97.0 cm³/mol. The van der Waals surface area contributed by atoms with Gasteiger partial charge >= 0.3 is 0 Å². The molecule has 2 aromatic carbocycles. The minimum Gasteiger partial charge on any atom is -0.491 e.